The molecule has 0 aliphatic carbocycles. The molecule has 2 rings (SSSR count). The molecule has 0 spiro atoms. The van der Waals surface area contributed by atoms with E-state index in [1.807, 2.05) is 37.3 Å². The van der Waals surface area contributed by atoms with Gasteiger partial charge in [-0.05, 0) is 17.9 Å². The van der Waals surface area contributed by atoms with E-state index in [1.54, 1.807) is 12.1 Å². The third-order valence-corrected chi connectivity index (χ3v) is 5.30. The summed E-state index contributed by atoms with van der Waals surface area (Å²) in [5.41, 5.74) is 0. The molecule has 20 heavy (non-hydrogen) atoms. The minimum atomic E-state index is -3.50. The van der Waals surface area contributed by atoms with Crippen LogP contribution in [0, 0.1) is 0 Å². The zero-order chi connectivity index (χ0) is 14.6. The average Bonchev–Trinajstić information content (AvgIpc) is 2.46. The van der Waals surface area contributed by atoms with Gasteiger partial charge in [0.25, 0.3) is 0 Å². The fraction of sp³-hybridized carbons (Fsp3) is 0.333. The number of halogens is 1. The summed E-state index contributed by atoms with van der Waals surface area (Å²) in [6.45, 7) is 2.78. The molecule has 0 atom stereocenters. The molecule has 0 heterocycles. The number of sulfonamides is 1. The molecule has 0 aromatic heterocycles. The second-order valence-electron chi connectivity index (χ2n) is 4.57. The smallest absolute Gasteiger partial charge is 0.207 e. The van der Waals surface area contributed by atoms with Gasteiger partial charge in [0.2, 0.25) is 10.0 Å². The molecule has 0 amide bonds. The van der Waals surface area contributed by atoms with Crippen molar-refractivity contribution in [3.8, 4) is 0 Å². The second kappa shape index (κ2) is 6.57. The van der Waals surface area contributed by atoms with Crippen molar-refractivity contribution in [2.75, 3.05) is 19.0 Å². The van der Waals surface area contributed by atoms with Gasteiger partial charge >= 0.3 is 0 Å². The molecule has 0 N–H and O–H groups in total. The predicted octanol–water partition coefficient (Wildman–Crippen LogP) is 3.48. The third-order valence-electron chi connectivity index (χ3n) is 3.17. The highest BCUT2D eigenvalue weighted by molar-refractivity contribution is 7.89. The van der Waals surface area contributed by atoms with Crippen LogP contribution in [0.2, 0.25) is 0 Å². The van der Waals surface area contributed by atoms with Crippen LogP contribution in [-0.4, -0.2) is 31.7 Å². The Labute approximate surface area is 125 Å². The summed E-state index contributed by atoms with van der Waals surface area (Å²) in [6.07, 6.45) is 0.765. The fourth-order valence-corrected chi connectivity index (χ4v) is 4.31. The van der Waals surface area contributed by atoms with Gasteiger partial charge in [0.05, 0.1) is 4.90 Å². The van der Waals surface area contributed by atoms with Gasteiger partial charge in [0, 0.05) is 24.4 Å². The molecule has 0 aliphatic rings. The molecule has 2 aromatic rings. The van der Waals surface area contributed by atoms with Gasteiger partial charge in [0.1, 0.15) is 0 Å². The summed E-state index contributed by atoms with van der Waals surface area (Å²) >= 11 is 5.74. The minimum absolute atomic E-state index is 0.296. The Hall–Kier alpha value is -1.10. The van der Waals surface area contributed by atoms with Gasteiger partial charge in [-0.15, -0.1) is 11.6 Å². The zero-order valence-corrected chi connectivity index (χ0v) is 13.0. The summed E-state index contributed by atoms with van der Waals surface area (Å²) in [5.74, 6) is 0.296. The monoisotopic (exact) mass is 311 g/mol. The third kappa shape index (κ3) is 2.97. The molecule has 0 saturated carbocycles. The highest BCUT2D eigenvalue weighted by Crippen LogP contribution is 2.25. The van der Waals surface area contributed by atoms with Crippen LogP contribution in [0.4, 0.5) is 0 Å². The molecule has 3 nitrogen and oxygen atoms in total. The number of rotatable bonds is 6. The predicted molar refractivity (Wildman–Crippen MR) is 83.7 cm³/mol. The van der Waals surface area contributed by atoms with Crippen molar-refractivity contribution in [3.63, 3.8) is 0 Å². The molecule has 0 bridgehead atoms. The summed E-state index contributed by atoms with van der Waals surface area (Å²) < 4.78 is 27.0. The normalized spacial score (nSPS) is 12.2. The highest BCUT2D eigenvalue weighted by atomic mass is 35.5. The number of benzene rings is 2. The first-order chi connectivity index (χ1) is 9.61. The lowest BCUT2D eigenvalue weighted by molar-refractivity contribution is 0.429. The lowest BCUT2D eigenvalue weighted by Crippen LogP contribution is -2.33. The van der Waals surface area contributed by atoms with Crippen LogP contribution in [0.1, 0.15) is 13.3 Å². The first-order valence-electron chi connectivity index (χ1n) is 6.65. The lowest BCUT2D eigenvalue weighted by atomic mass is 10.1. The Bertz CT molecular complexity index is 674. The van der Waals surface area contributed by atoms with Crippen molar-refractivity contribution in [2.24, 2.45) is 0 Å². The number of fused-ring (bicyclic) bond motifs is 1. The maximum absolute atomic E-state index is 12.8. The molecule has 0 fully saturated rings. The van der Waals surface area contributed by atoms with Crippen LogP contribution in [0.15, 0.2) is 47.4 Å². The van der Waals surface area contributed by atoms with Crippen molar-refractivity contribution in [3.05, 3.63) is 42.5 Å². The van der Waals surface area contributed by atoms with Gasteiger partial charge in [0.15, 0.2) is 0 Å². The largest absolute Gasteiger partial charge is 0.243 e. The van der Waals surface area contributed by atoms with Crippen molar-refractivity contribution in [2.45, 2.75) is 18.2 Å². The zero-order valence-electron chi connectivity index (χ0n) is 11.4. The van der Waals surface area contributed by atoms with Crippen molar-refractivity contribution in [1.29, 1.82) is 0 Å². The van der Waals surface area contributed by atoms with Crippen molar-refractivity contribution in [1.82, 2.24) is 4.31 Å². The van der Waals surface area contributed by atoms with Gasteiger partial charge in [-0.3, -0.25) is 0 Å². The minimum Gasteiger partial charge on any atom is -0.207 e. The molecule has 108 valence electrons. The molecule has 0 aliphatic heterocycles. The van der Waals surface area contributed by atoms with E-state index in [-0.39, 0.29) is 0 Å². The van der Waals surface area contributed by atoms with E-state index < -0.39 is 10.0 Å². The average molecular weight is 312 g/mol. The number of hydrogen-bond donors (Lipinski definition) is 0. The Balaban J connectivity index is 2.56. The molecule has 0 saturated heterocycles. The van der Waals surface area contributed by atoms with E-state index in [0.717, 1.165) is 17.2 Å². The number of hydrogen-bond acceptors (Lipinski definition) is 2. The van der Waals surface area contributed by atoms with Crippen molar-refractivity contribution < 1.29 is 8.42 Å². The molecule has 5 heteroatoms. The van der Waals surface area contributed by atoms with Gasteiger partial charge in [-0.1, -0.05) is 43.3 Å². The summed E-state index contributed by atoms with van der Waals surface area (Å²) in [7, 11) is -3.50. The van der Waals surface area contributed by atoms with Crippen LogP contribution in [0.3, 0.4) is 0 Å². The first kappa shape index (κ1) is 15.3. The van der Waals surface area contributed by atoms with Crippen molar-refractivity contribution >= 4 is 32.4 Å². The molecular formula is C15H18ClNO2S. The lowest BCUT2D eigenvalue weighted by Gasteiger charge is -2.21. The topological polar surface area (TPSA) is 37.4 Å². The summed E-state index contributed by atoms with van der Waals surface area (Å²) in [6, 6.07) is 12.9. The maximum Gasteiger partial charge on any atom is 0.243 e. The Morgan fingerprint density at radius 3 is 2.45 bits per heavy atom. The molecule has 0 unspecified atom stereocenters. The van der Waals surface area contributed by atoms with Crippen LogP contribution < -0.4 is 0 Å². The van der Waals surface area contributed by atoms with Gasteiger partial charge < -0.3 is 0 Å². The van der Waals surface area contributed by atoms with Gasteiger partial charge in [-0.2, -0.15) is 4.31 Å². The van der Waals surface area contributed by atoms with E-state index in [9.17, 15) is 8.42 Å². The highest BCUT2D eigenvalue weighted by Gasteiger charge is 2.24. The van der Waals surface area contributed by atoms with E-state index in [4.69, 9.17) is 11.6 Å². The molecule has 0 radical (unpaired) electrons. The summed E-state index contributed by atoms with van der Waals surface area (Å²) in [4.78, 5) is 0.356. The maximum atomic E-state index is 12.8. The first-order valence-corrected chi connectivity index (χ1v) is 8.62. The Morgan fingerprint density at radius 2 is 1.75 bits per heavy atom. The van der Waals surface area contributed by atoms with E-state index >= 15 is 0 Å². The standard InChI is InChI=1S/C15H18ClNO2S/c1-2-11-17(12-10-16)20(18,19)15-9-5-7-13-6-3-4-8-14(13)15/h3-9H,2,10-12H2,1H3. The van der Waals surface area contributed by atoms with Crippen LogP contribution in [0.5, 0.6) is 0 Å². The van der Waals surface area contributed by atoms with E-state index in [2.05, 4.69) is 0 Å². The number of alkyl halides is 1. The fourth-order valence-electron chi connectivity index (χ4n) is 2.26. The number of nitrogens with zero attached hydrogens (tertiary/aromatic N) is 1. The Kier molecular flexibility index (Phi) is 5.02. The molecular weight excluding hydrogens is 294 g/mol. The second-order valence-corrected chi connectivity index (χ2v) is 6.85. The Morgan fingerprint density at radius 1 is 1.05 bits per heavy atom. The molecule has 2 aromatic carbocycles. The van der Waals surface area contributed by atoms with E-state index in [0.29, 0.717) is 23.9 Å². The summed E-state index contributed by atoms with van der Waals surface area (Å²) in [5, 5.41) is 1.68. The quantitative estimate of drug-likeness (QED) is 0.766. The van der Waals surface area contributed by atoms with Gasteiger partial charge in [-0.25, -0.2) is 8.42 Å². The van der Waals surface area contributed by atoms with Crippen LogP contribution in [0.25, 0.3) is 10.8 Å². The van der Waals surface area contributed by atoms with Crippen LogP contribution in [-0.2, 0) is 10.0 Å². The van der Waals surface area contributed by atoms with E-state index in [1.165, 1.54) is 4.31 Å². The van der Waals surface area contributed by atoms with Crippen LogP contribution >= 0.6 is 11.6 Å². The SMILES string of the molecule is CCCN(CCCl)S(=O)(=O)c1cccc2ccccc12.